The highest BCUT2D eigenvalue weighted by molar-refractivity contribution is 5.95. The van der Waals surface area contributed by atoms with Gasteiger partial charge in [0.1, 0.15) is 18.2 Å². The third kappa shape index (κ3) is 4.77. The average Bonchev–Trinajstić information content (AvgIpc) is 2.68. The number of nitrogens with one attached hydrogen (secondary N) is 1. The number of nitrogens with zero attached hydrogens (tertiary/aromatic N) is 1. The Bertz CT molecular complexity index is 893. The minimum Gasteiger partial charge on any atom is -0.489 e. The second-order valence-electron chi connectivity index (χ2n) is 5.52. The highest BCUT2D eigenvalue weighted by atomic mass is 19.1. The van der Waals surface area contributed by atoms with Crippen molar-refractivity contribution in [3.8, 4) is 5.75 Å². The van der Waals surface area contributed by atoms with Crippen LogP contribution in [-0.4, -0.2) is 12.1 Å². The zero-order valence-corrected chi connectivity index (χ0v) is 13.9. The molecule has 5 heteroatoms. The largest absolute Gasteiger partial charge is 0.489 e. The summed E-state index contributed by atoms with van der Waals surface area (Å²) in [6.07, 6.45) is 1.49. The highest BCUT2D eigenvalue weighted by Gasteiger charge is 2.09. The number of ether oxygens (including phenoxy) is 1. The molecular formula is C21H17FN2O2. The molecule has 0 aliphatic rings. The Morgan fingerprint density at radius 1 is 0.962 bits per heavy atom. The summed E-state index contributed by atoms with van der Waals surface area (Å²) < 4.78 is 19.2. The molecule has 0 fully saturated rings. The maximum atomic E-state index is 13.5. The van der Waals surface area contributed by atoms with E-state index in [9.17, 15) is 9.18 Å². The molecule has 0 heterocycles. The Hall–Kier alpha value is -3.47. The Labute approximate surface area is 150 Å². The van der Waals surface area contributed by atoms with Crippen molar-refractivity contribution in [2.45, 2.75) is 6.61 Å². The monoisotopic (exact) mass is 348 g/mol. The normalized spacial score (nSPS) is 10.7. The van der Waals surface area contributed by atoms with Crippen molar-refractivity contribution in [3.05, 3.63) is 101 Å². The van der Waals surface area contributed by atoms with Gasteiger partial charge in [0, 0.05) is 0 Å². The van der Waals surface area contributed by atoms with Crippen molar-refractivity contribution in [1.82, 2.24) is 5.43 Å². The van der Waals surface area contributed by atoms with Gasteiger partial charge in [-0.1, -0.05) is 42.5 Å². The second-order valence-corrected chi connectivity index (χ2v) is 5.52. The van der Waals surface area contributed by atoms with Gasteiger partial charge in [-0.25, -0.2) is 9.82 Å². The first-order valence-corrected chi connectivity index (χ1v) is 8.07. The van der Waals surface area contributed by atoms with Crippen LogP contribution in [-0.2, 0) is 6.61 Å². The molecule has 0 spiro atoms. The quantitative estimate of drug-likeness (QED) is 0.537. The van der Waals surface area contributed by atoms with Gasteiger partial charge in [0.15, 0.2) is 0 Å². The number of benzene rings is 3. The van der Waals surface area contributed by atoms with E-state index in [1.807, 2.05) is 54.6 Å². The number of amides is 1. The summed E-state index contributed by atoms with van der Waals surface area (Å²) in [5.74, 6) is -0.441. The van der Waals surface area contributed by atoms with E-state index in [4.69, 9.17) is 4.74 Å². The molecule has 26 heavy (non-hydrogen) atoms. The molecule has 0 aromatic heterocycles. The molecule has 130 valence electrons. The number of carbonyl (C=O) groups is 1. The minimum atomic E-state index is -0.595. The zero-order chi connectivity index (χ0) is 18.2. The van der Waals surface area contributed by atoms with Gasteiger partial charge in [-0.15, -0.1) is 0 Å². The van der Waals surface area contributed by atoms with Gasteiger partial charge >= 0.3 is 0 Å². The van der Waals surface area contributed by atoms with Crippen molar-refractivity contribution in [2.24, 2.45) is 5.10 Å². The molecule has 0 aliphatic heterocycles. The van der Waals surface area contributed by atoms with Crippen LogP contribution in [0.2, 0.25) is 0 Å². The third-order valence-corrected chi connectivity index (χ3v) is 3.63. The van der Waals surface area contributed by atoms with Crippen LogP contribution in [0.5, 0.6) is 5.75 Å². The van der Waals surface area contributed by atoms with Gasteiger partial charge < -0.3 is 4.74 Å². The molecule has 1 N–H and O–H groups in total. The van der Waals surface area contributed by atoms with E-state index in [2.05, 4.69) is 10.5 Å². The third-order valence-electron chi connectivity index (χ3n) is 3.63. The summed E-state index contributed by atoms with van der Waals surface area (Å²) >= 11 is 0. The molecule has 0 saturated heterocycles. The van der Waals surface area contributed by atoms with Crippen LogP contribution >= 0.6 is 0 Å². The average molecular weight is 348 g/mol. The highest BCUT2D eigenvalue weighted by Crippen LogP contribution is 2.13. The molecule has 4 nitrogen and oxygen atoms in total. The van der Waals surface area contributed by atoms with E-state index in [0.29, 0.717) is 6.61 Å². The Balaban J connectivity index is 1.53. The number of hydrogen-bond acceptors (Lipinski definition) is 3. The van der Waals surface area contributed by atoms with E-state index < -0.39 is 11.7 Å². The van der Waals surface area contributed by atoms with Gasteiger partial charge in [0.05, 0.1) is 11.8 Å². The van der Waals surface area contributed by atoms with Crippen LogP contribution in [0.1, 0.15) is 21.5 Å². The van der Waals surface area contributed by atoms with E-state index in [1.165, 1.54) is 24.4 Å². The molecule has 0 aliphatic carbocycles. The first-order chi connectivity index (χ1) is 12.7. The van der Waals surface area contributed by atoms with Gasteiger partial charge in [0.2, 0.25) is 0 Å². The summed E-state index contributed by atoms with van der Waals surface area (Å²) in [6, 6.07) is 22.9. The van der Waals surface area contributed by atoms with E-state index in [-0.39, 0.29) is 5.56 Å². The van der Waals surface area contributed by atoms with E-state index in [1.54, 1.807) is 6.07 Å². The molecule has 1 amide bonds. The van der Waals surface area contributed by atoms with Crippen LogP contribution in [0.15, 0.2) is 84.0 Å². The predicted octanol–water partition coefficient (Wildman–Crippen LogP) is 4.17. The van der Waals surface area contributed by atoms with Crippen LogP contribution in [0.3, 0.4) is 0 Å². The lowest BCUT2D eigenvalue weighted by atomic mass is 10.2. The molecule has 0 unspecified atom stereocenters. The maximum Gasteiger partial charge on any atom is 0.274 e. The number of hydrogen-bond donors (Lipinski definition) is 1. The Morgan fingerprint density at radius 2 is 1.65 bits per heavy atom. The van der Waals surface area contributed by atoms with Crippen molar-refractivity contribution >= 4 is 12.1 Å². The lowest BCUT2D eigenvalue weighted by Crippen LogP contribution is -2.18. The van der Waals surface area contributed by atoms with Gasteiger partial charge in [-0.2, -0.15) is 5.10 Å². The molecule has 0 saturated carbocycles. The van der Waals surface area contributed by atoms with Crippen LogP contribution in [0.25, 0.3) is 0 Å². The van der Waals surface area contributed by atoms with Crippen LogP contribution in [0, 0.1) is 5.82 Å². The van der Waals surface area contributed by atoms with E-state index >= 15 is 0 Å². The van der Waals surface area contributed by atoms with Crippen molar-refractivity contribution in [3.63, 3.8) is 0 Å². The number of carbonyl (C=O) groups excluding carboxylic acids is 1. The van der Waals surface area contributed by atoms with Crippen LogP contribution < -0.4 is 10.2 Å². The Morgan fingerprint density at radius 3 is 2.38 bits per heavy atom. The molecule has 3 rings (SSSR count). The van der Waals surface area contributed by atoms with Crippen molar-refractivity contribution in [1.29, 1.82) is 0 Å². The fraction of sp³-hybridized carbons (Fsp3) is 0.0476. The predicted molar refractivity (Wildman–Crippen MR) is 98.7 cm³/mol. The van der Waals surface area contributed by atoms with Gasteiger partial charge in [0.25, 0.3) is 5.91 Å². The fourth-order valence-electron chi connectivity index (χ4n) is 2.26. The number of rotatable bonds is 6. The summed E-state index contributed by atoms with van der Waals surface area (Å²) in [7, 11) is 0. The van der Waals surface area contributed by atoms with Crippen molar-refractivity contribution < 1.29 is 13.9 Å². The molecule has 3 aromatic carbocycles. The SMILES string of the molecule is O=C(NN=Cc1ccc(OCc2ccccc2)cc1)c1ccccc1F. The van der Waals surface area contributed by atoms with E-state index in [0.717, 1.165) is 16.9 Å². The lowest BCUT2D eigenvalue weighted by Gasteiger charge is -2.06. The minimum absolute atomic E-state index is 0.0469. The number of halogens is 1. The second kappa shape index (κ2) is 8.58. The van der Waals surface area contributed by atoms with Gasteiger partial charge in [-0.05, 0) is 47.5 Å². The molecule has 0 atom stereocenters. The topological polar surface area (TPSA) is 50.7 Å². The summed E-state index contributed by atoms with van der Waals surface area (Å²) in [5.41, 5.74) is 4.14. The van der Waals surface area contributed by atoms with Crippen LogP contribution in [0.4, 0.5) is 4.39 Å². The molecular weight excluding hydrogens is 331 g/mol. The number of hydrazone groups is 1. The zero-order valence-electron chi connectivity index (χ0n) is 13.9. The molecule has 0 bridgehead atoms. The first-order valence-electron chi connectivity index (χ1n) is 8.07. The maximum absolute atomic E-state index is 13.5. The summed E-state index contributed by atoms with van der Waals surface area (Å²) in [5, 5.41) is 3.85. The Kier molecular flexibility index (Phi) is 5.72. The van der Waals surface area contributed by atoms with Crippen molar-refractivity contribution in [2.75, 3.05) is 0 Å². The molecule has 3 aromatic rings. The smallest absolute Gasteiger partial charge is 0.274 e. The lowest BCUT2D eigenvalue weighted by molar-refractivity contribution is 0.0951. The summed E-state index contributed by atoms with van der Waals surface area (Å²) in [4.78, 5) is 11.8. The first kappa shape index (κ1) is 17.4. The molecule has 0 radical (unpaired) electrons. The fourth-order valence-corrected chi connectivity index (χ4v) is 2.26. The van der Waals surface area contributed by atoms with Gasteiger partial charge in [-0.3, -0.25) is 4.79 Å². The standard InChI is InChI=1S/C21H17FN2O2/c22-20-9-5-4-8-19(20)21(25)24-23-14-16-10-12-18(13-11-16)26-15-17-6-2-1-3-7-17/h1-14H,15H2,(H,24,25). The summed E-state index contributed by atoms with van der Waals surface area (Å²) in [6.45, 7) is 0.493.